The van der Waals surface area contributed by atoms with Crippen LogP contribution in [0.25, 0.3) is 11.0 Å². The van der Waals surface area contributed by atoms with Gasteiger partial charge in [-0.1, -0.05) is 0 Å². The SMILES string of the molecule is COc1ccc2cc(C(=O)NC(C)(C)C)c(=O)oc2c1. The number of carbonyl (C=O) groups excluding carboxylic acids is 1. The van der Waals surface area contributed by atoms with Gasteiger partial charge in [0.05, 0.1) is 7.11 Å². The Bertz CT molecular complexity index is 710. The average Bonchev–Trinajstić information content (AvgIpc) is 2.35. The summed E-state index contributed by atoms with van der Waals surface area (Å²) in [4.78, 5) is 23.9. The van der Waals surface area contributed by atoms with Crippen LogP contribution in [0.4, 0.5) is 0 Å². The van der Waals surface area contributed by atoms with Crippen molar-refractivity contribution in [3.05, 3.63) is 40.2 Å². The van der Waals surface area contributed by atoms with Gasteiger partial charge in [0.2, 0.25) is 0 Å². The molecule has 2 rings (SSSR count). The first-order valence-corrected chi connectivity index (χ1v) is 6.24. The molecule has 2 aromatic rings. The third-order valence-corrected chi connectivity index (χ3v) is 2.68. The highest BCUT2D eigenvalue weighted by Crippen LogP contribution is 2.20. The van der Waals surface area contributed by atoms with E-state index in [0.29, 0.717) is 16.7 Å². The van der Waals surface area contributed by atoms with E-state index in [1.807, 2.05) is 20.8 Å². The first kappa shape index (κ1) is 14.1. The van der Waals surface area contributed by atoms with Crippen molar-refractivity contribution in [2.24, 2.45) is 0 Å². The molecule has 0 unspecified atom stereocenters. The number of ether oxygens (including phenoxy) is 1. The molecule has 0 aliphatic rings. The van der Waals surface area contributed by atoms with Gasteiger partial charge in [-0.05, 0) is 39.0 Å². The Morgan fingerprint density at radius 2 is 1.95 bits per heavy atom. The topological polar surface area (TPSA) is 68.5 Å². The standard InChI is InChI=1S/C15H17NO4/c1-15(2,3)16-13(17)11-7-9-5-6-10(19-4)8-12(9)20-14(11)18/h5-8H,1-4H3,(H,16,17). The maximum absolute atomic E-state index is 12.1. The maximum atomic E-state index is 12.1. The van der Waals surface area contributed by atoms with Crippen LogP contribution in [0.5, 0.6) is 5.75 Å². The Kier molecular flexibility index (Phi) is 3.53. The molecule has 5 nitrogen and oxygen atoms in total. The molecule has 0 spiro atoms. The monoisotopic (exact) mass is 275 g/mol. The lowest BCUT2D eigenvalue weighted by atomic mass is 10.1. The fraction of sp³-hybridized carbons (Fsp3) is 0.333. The van der Waals surface area contributed by atoms with Gasteiger partial charge in [0.1, 0.15) is 16.9 Å². The van der Waals surface area contributed by atoms with Crippen molar-refractivity contribution in [1.29, 1.82) is 0 Å². The Morgan fingerprint density at radius 3 is 2.55 bits per heavy atom. The predicted molar refractivity (Wildman–Crippen MR) is 76.3 cm³/mol. The van der Waals surface area contributed by atoms with E-state index in [2.05, 4.69) is 5.32 Å². The van der Waals surface area contributed by atoms with Gasteiger partial charge in [0.25, 0.3) is 5.91 Å². The third-order valence-electron chi connectivity index (χ3n) is 2.68. The van der Waals surface area contributed by atoms with Gasteiger partial charge >= 0.3 is 5.63 Å². The Hall–Kier alpha value is -2.30. The Labute approximate surface area is 116 Å². The molecule has 0 aliphatic heterocycles. The molecule has 0 saturated carbocycles. The molecule has 106 valence electrons. The summed E-state index contributed by atoms with van der Waals surface area (Å²) < 4.78 is 10.2. The van der Waals surface area contributed by atoms with Crippen molar-refractivity contribution >= 4 is 16.9 Å². The fourth-order valence-electron chi connectivity index (χ4n) is 1.78. The van der Waals surface area contributed by atoms with E-state index in [1.165, 1.54) is 13.2 Å². The van der Waals surface area contributed by atoms with Crippen LogP contribution in [-0.2, 0) is 0 Å². The van der Waals surface area contributed by atoms with E-state index in [0.717, 1.165) is 0 Å². The number of benzene rings is 1. The number of methoxy groups -OCH3 is 1. The minimum absolute atomic E-state index is 0.00223. The van der Waals surface area contributed by atoms with E-state index >= 15 is 0 Å². The van der Waals surface area contributed by atoms with E-state index in [4.69, 9.17) is 9.15 Å². The summed E-state index contributed by atoms with van der Waals surface area (Å²) in [5.41, 5.74) is -0.690. The number of carbonyl (C=O) groups is 1. The molecule has 0 aliphatic carbocycles. The predicted octanol–water partition coefficient (Wildman–Crippen LogP) is 2.33. The van der Waals surface area contributed by atoms with Crippen LogP contribution in [0.1, 0.15) is 31.1 Å². The molecule has 0 saturated heterocycles. The van der Waals surface area contributed by atoms with Crippen LogP contribution in [-0.4, -0.2) is 18.6 Å². The van der Waals surface area contributed by atoms with Gasteiger partial charge in [0, 0.05) is 17.0 Å². The molecule has 1 aromatic heterocycles. The number of rotatable bonds is 2. The van der Waals surface area contributed by atoms with Gasteiger partial charge in [-0.3, -0.25) is 4.79 Å². The first-order chi connectivity index (χ1) is 9.30. The van der Waals surface area contributed by atoms with Crippen molar-refractivity contribution in [3.63, 3.8) is 0 Å². The lowest BCUT2D eigenvalue weighted by Crippen LogP contribution is -2.42. The van der Waals surface area contributed by atoms with Crippen molar-refractivity contribution in [1.82, 2.24) is 5.32 Å². The third kappa shape index (κ3) is 2.99. The van der Waals surface area contributed by atoms with E-state index in [1.54, 1.807) is 18.2 Å². The number of nitrogens with one attached hydrogen (secondary N) is 1. The molecule has 1 aromatic carbocycles. The summed E-state index contributed by atoms with van der Waals surface area (Å²) in [5.74, 6) is 0.150. The second kappa shape index (κ2) is 5.00. The van der Waals surface area contributed by atoms with E-state index in [-0.39, 0.29) is 5.56 Å². The molecule has 1 N–H and O–H groups in total. The van der Waals surface area contributed by atoms with Gasteiger partial charge < -0.3 is 14.5 Å². The molecule has 0 atom stereocenters. The lowest BCUT2D eigenvalue weighted by Gasteiger charge is -2.20. The molecule has 20 heavy (non-hydrogen) atoms. The first-order valence-electron chi connectivity index (χ1n) is 6.24. The highest BCUT2D eigenvalue weighted by molar-refractivity contribution is 5.97. The van der Waals surface area contributed by atoms with E-state index in [9.17, 15) is 9.59 Å². The van der Waals surface area contributed by atoms with Crippen molar-refractivity contribution in [2.45, 2.75) is 26.3 Å². The zero-order chi connectivity index (χ0) is 14.9. The van der Waals surface area contributed by atoms with Crippen LogP contribution in [0, 0.1) is 0 Å². The van der Waals surface area contributed by atoms with Gasteiger partial charge in [-0.2, -0.15) is 0 Å². The maximum Gasteiger partial charge on any atom is 0.349 e. The summed E-state index contributed by atoms with van der Waals surface area (Å²) in [6.45, 7) is 5.54. The van der Waals surface area contributed by atoms with Crippen molar-refractivity contribution in [2.75, 3.05) is 7.11 Å². The highest BCUT2D eigenvalue weighted by Gasteiger charge is 2.19. The zero-order valence-corrected chi connectivity index (χ0v) is 11.9. The number of fused-ring (bicyclic) bond motifs is 1. The summed E-state index contributed by atoms with van der Waals surface area (Å²) in [6, 6.07) is 6.63. The fourth-order valence-corrected chi connectivity index (χ4v) is 1.78. The second-order valence-electron chi connectivity index (χ2n) is 5.56. The highest BCUT2D eigenvalue weighted by atomic mass is 16.5. The largest absolute Gasteiger partial charge is 0.497 e. The van der Waals surface area contributed by atoms with Crippen LogP contribution < -0.4 is 15.7 Å². The molecule has 1 amide bonds. The van der Waals surface area contributed by atoms with Gasteiger partial charge in [0.15, 0.2) is 0 Å². The molecular weight excluding hydrogens is 258 g/mol. The minimum atomic E-state index is -0.660. The lowest BCUT2D eigenvalue weighted by molar-refractivity contribution is 0.0916. The summed E-state index contributed by atoms with van der Waals surface area (Å²) >= 11 is 0. The summed E-state index contributed by atoms with van der Waals surface area (Å²) in [7, 11) is 1.53. The zero-order valence-electron chi connectivity index (χ0n) is 11.9. The molecule has 1 heterocycles. The number of amides is 1. The van der Waals surface area contributed by atoms with Crippen LogP contribution in [0.3, 0.4) is 0 Å². The second-order valence-corrected chi connectivity index (χ2v) is 5.56. The Balaban J connectivity index is 2.48. The Morgan fingerprint density at radius 1 is 1.25 bits per heavy atom. The molecular formula is C15H17NO4. The minimum Gasteiger partial charge on any atom is -0.497 e. The molecule has 0 fully saturated rings. The number of hydrogen-bond donors (Lipinski definition) is 1. The van der Waals surface area contributed by atoms with Gasteiger partial charge in [-0.15, -0.1) is 0 Å². The molecule has 5 heteroatoms. The van der Waals surface area contributed by atoms with Crippen LogP contribution >= 0.6 is 0 Å². The van der Waals surface area contributed by atoms with E-state index < -0.39 is 17.1 Å². The average molecular weight is 275 g/mol. The van der Waals surface area contributed by atoms with Crippen molar-refractivity contribution in [3.8, 4) is 5.75 Å². The molecule has 0 radical (unpaired) electrons. The van der Waals surface area contributed by atoms with Gasteiger partial charge in [-0.25, -0.2) is 4.79 Å². The quantitative estimate of drug-likeness (QED) is 0.854. The summed E-state index contributed by atoms with van der Waals surface area (Å²) in [6.07, 6.45) is 0. The normalized spacial score (nSPS) is 11.4. The van der Waals surface area contributed by atoms with Crippen LogP contribution in [0.2, 0.25) is 0 Å². The number of hydrogen-bond acceptors (Lipinski definition) is 4. The molecule has 0 bridgehead atoms. The van der Waals surface area contributed by atoms with Crippen molar-refractivity contribution < 1.29 is 13.9 Å². The summed E-state index contributed by atoms with van der Waals surface area (Å²) in [5, 5.41) is 3.41. The van der Waals surface area contributed by atoms with Crippen LogP contribution in [0.15, 0.2) is 33.5 Å². The smallest absolute Gasteiger partial charge is 0.349 e.